The summed E-state index contributed by atoms with van der Waals surface area (Å²) in [5, 5.41) is 3.71. The third-order valence-corrected chi connectivity index (χ3v) is 3.97. The molecule has 1 N–H and O–H groups in total. The van der Waals surface area contributed by atoms with E-state index in [1.54, 1.807) is 0 Å². The minimum absolute atomic E-state index is 0.507. The van der Waals surface area contributed by atoms with E-state index in [0.29, 0.717) is 12.2 Å². The van der Waals surface area contributed by atoms with Gasteiger partial charge in [-0.05, 0) is 64.3 Å². The maximum Gasteiger partial charge on any atom is 0.0580 e. The van der Waals surface area contributed by atoms with Gasteiger partial charge in [0, 0.05) is 6.04 Å². The van der Waals surface area contributed by atoms with Crippen LogP contribution >= 0.6 is 0 Å². The van der Waals surface area contributed by atoms with Crippen LogP contribution in [-0.2, 0) is 4.74 Å². The van der Waals surface area contributed by atoms with E-state index in [4.69, 9.17) is 4.74 Å². The summed E-state index contributed by atoms with van der Waals surface area (Å²) in [6.07, 6.45) is 10.3. The molecule has 2 nitrogen and oxygen atoms in total. The molecule has 94 valence electrons. The second-order valence-electron chi connectivity index (χ2n) is 5.62. The Morgan fingerprint density at radius 2 is 2.06 bits per heavy atom. The van der Waals surface area contributed by atoms with Crippen LogP contribution in [0.25, 0.3) is 0 Å². The van der Waals surface area contributed by atoms with Gasteiger partial charge in [0.2, 0.25) is 0 Å². The Morgan fingerprint density at radius 3 is 2.62 bits per heavy atom. The smallest absolute Gasteiger partial charge is 0.0580 e. The molecule has 2 rings (SSSR count). The van der Waals surface area contributed by atoms with Crippen LogP contribution in [0, 0.1) is 5.92 Å². The van der Waals surface area contributed by atoms with Crippen LogP contribution < -0.4 is 5.32 Å². The van der Waals surface area contributed by atoms with E-state index in [-0.39, 0.29) is 0 Å². The Labute approximate surface area is 100 Å². The van der Waals surface area contributed by atoms with Gasteiger partial charge in [0.1, 0.15) is 0 Å². The van der Waals surface area contributed by atoms with Crippen molar-refractivity contribution >= 4 is 0 Å². The number of hydrogen-bond donors (Lipinski definition) is 1. The molecule has 2 aliphatic rings. The van der Waals surface area contributed by atoms with Crippen LogP contribution in [-0.4, -0.2) is 24.8 Å². The average Bonchev–Trinajstić information content (AvgIpc) is 3.03. The SMILES string of the molecule is CCCNC(CCC1CCC(C)O1)C1CC1. The van der Waals surface area contributed by atoms with Crippen LogP contribution in [0.3, 0.4) is 0 Å². The zero-order chi connectivity index (χ0) is 11.4. The highest BCUT2D eigenvalue weighted by Crippen LogP contribution is 2.35. The van der Waals surface area contributed by atoms with Crippen molar-refractivity contribution in [1.29, 1.82) is 0 Å². The molecule has 1 saturated carbocycles. The zero-order valence-electron chi connectivity index (χ0n) is 10.9. The molecule has 1 aliphatic heterocycles. The van der Waals surface area contributed by atoms with Crippen molar-refractivity contribution in [2.24, 2.45) is 5.92 Å². The molecule has 3 unspecified atom stereocenters. The van der Waals surface area contributed by atoms with E-state index in [1.807, 2.05) is 0 Å². The Bertz CT molecular complexity index is 203. The van der Waals surface area contributed by atoms with Crippen LogP contribution in [0.2, 0.25) is 0 Å². The lowest BCUT2D eigenvalue weighted by Gasteiger charge is -2.20. The quantitative estimate of drug-likeness (QED) is 0.719. The van der Waals surface area contributed by atoms with Gasteiger partial charge in [0.15, 0.2) is 0 Å². The topological polar surface area (TPSA) is 21.3 Å². The molecular formula is C14H27NO. The first kappa shape index (κ1) is 12.4. The summed E-state index contributed by atoms with van der Waals surface area (Å²) in [4.78, 5) is 0. The lowest BCUT2D eigenvalue weighted by Crippen LogP contribution is -2.32. The number of nitrogens with one attached hydrogen (secondary N) is 1. The van der Waals surface area contributed by atoms with Crippen molar-refractivity contribution in [2.45, 2.75) is 77.0 Å². The third kappa shape index (κ3) is 3.74. The first-order valence-electron chi connectivity index (χ1n) is 7.18. The van der Waals surface area contributed by atoms with Gasteiger partial charge in [-0.15, -0.1) is 0 Å². The molecule has 0 aromatic rings. The Balaban J connectivity index is 1.65. The summed E-state index contributed by atoms with van der Waals surface area (Å²) in [6, 6.07) is 0.777. The summed E-state index contributed by atoms with van der Waals surface area (Å²) in [6.45, 7) is 5.63. The Kier molecular flexibility index (Phi) is 4.66. The maximum absolute atomic E-state index is 5.89. The minimum atomic E-state index is 0.507. The molecule has 0 aromatic carbocycles. The van der Waals surface area contributed by atoms with Crippen molar-refractivity contribution in [3.05, 3.63) is 0 Å². The van der Waals surface area contributed by atoms with Gasteiger partial charge in [0.25, 0.3) is 0 Å². The Morgan fingerprint density at radius 1 is 1.25 bits per heavy atom. The van der Waals surface area contributed by atoms with Gasteiger partial charge in [-0.1, -0.05) is 6.92 Å². The molecule has 1 heterocycles. The molecule has 1 aliphatic carbocycles. The summed E-state index contributed by atoms with van der Waals surface area (Å²) in [5.74, 6) is 0.977. The molecule has 16 heavy (non-hydrogen) atoms. The highest BCUT2D eigenvalue weighted by atomic mass is 16.5. The van der Waals surface area contributed by atoms with Gasteiger partial charge in [-0.2, -0.15) is 0 Å². The summed E-state index contributed by atoms with van der Waals surface area (Å²) in [5.41, 5.74) is 0. The number of hydrogen-bond acceptors (Lipinski definition) is 2. The van der Waals surface area contributed by atoms with E-state index in [9.17, 15) is 0 Å². The monoisotopic (exact) mass is 225 g/mol. The first-order chi connectivity index (χ1) is 7.79. The highest BCUT2D eigenvalue weighted by molar-refractivity contribution is 4.87. The Hall–Kier alpha value is -0.0800. The lowest BCUT2D eigenvalue weighted by atomic mass is 10.0. The molecule has 1 saturated heterocycles. The summed E-state index contributed by atoms with van der Waals surface area (Å²) >= 11 is 0. The fourth-order valence-electron chi connectivity index (χ4n) is 2.80. The second kappa shape index (κ2) is 6.02. The molecule has 0 bridgehead atoms. The predicted molar refractivity (Wildman–Crippen MR) is 67.6 cm³/mol. The van der Waals surface area contributed by atoms with E-state index in [0.717, 1.165) is 12.0 Å². The van der Waals surface area contributed by atoms with Crippen molar-refractivity contribution in [1.82, 2.24) is 5.32 Å². The normalized spacial score (nSPS) is 31.9. The maximum atomic E-state index is 5.89. The number of rotatable bonds is 7. The van der Waals surface area contributed by atoms with Gasteiger partial charge in [-0.25, -0.2) is 0 Å². The molecule has 3 atom stereocenters. The lowest BCUT2D eigenvalue weighted by molar-refractivity contribution is 0.0477. The van der Waals surface area contributed by atoms with Crippen LogP contribution in [0.15, 0.2) is 0 Å². The van der Waals surface area contributed by atoms with Gasteiger partial charge >= 0.3 is 0 Å². The van der Waals surface area contributed by atoms with E-state index in [1.165, 1.54) is 51.5 Å². The minimum Gasteiger partial charge on any atom is -0.375 e. The first-order valence-corrected chi connectivity index (χ1v) is 7.18. The fourth-order valence-corrected chi connectivity index (χ4v) is 2.80. The van der Waals surface area contributed by atoms with Crippen molar-refractivity contribution in [3.8, 4) is 0 Å². The predicted octanol–water partition coefficient (Wildman–Crippen LogP) is 3.11. The van der Waals surface area contributed by atoms with Crippen molar-refractivity contribution in [3.63, 3.8) is 0 Å². The molecule has 0 aromatic heterocycles. The highest BCUT2D eigenvalue weighted by Gasteiger charge is 2.31. The van der Waals surface area contributed by atoms with E-state index < -0.39 is 0 Å². The largest absolute Gasteiger partial charge is 0.375 e. The third-order valence-electron chi connectivity index (χ3n) is 3.97. The molecular weight excluding hydrogens is 198 g/mol. The summed E-state index contributed by atoms with van der Waals surface area (Å²) in [7, 11) is 0. The van der Waals surface area contributed by atoms with Crippen molar-refractivity contribution < 1.29 is 4.74 Å². The van der Waals surface area contributed by atoms with Gasteiger partial charge in [0.05, 0.1) is 12.2 Å². The summed E-state index contributed by atoms with van der Waals surface area (Å²) < 4.78 is 5.89. The zero-order valence-corrected chi connectivity index (χ0v) is 10.9. The van der Waals surface area contributed by atoms with Crippen molar-refractivity contribution in [2.75, 3.05) is 6.54 Å². The fraction of sp³-hybridized carbons (Fsp3) is 1.00. The molecule has 2 fully saturated rings. The molecule has 0 amide bonds. The molecule has 0 spiro atoms. The van der Waals surface area contributed by atoms with Crippen LogP contribution in [0.5, 0.6) is 0 Å². The van der Waals surface area contributed by atoms with E-state index >= 15 is 0 Å². The van der Waals surface area contributed by atoms with Gasteiger partial charge in [-0.3, -0.25) is 0 Å². The van der Waals surface area contributed by atoms with Gasteiger partial charge < -0.3 is 10.1 Å². The molecule has 0 radical (unpaired) electrons. The average molecular weight is 225 g/mol. The van der Waals surface area contributed by atoms with E-state index in [2.05, 4.69) is 19.2 Å². The molecule has 2 heteroatoms. The standard InChI is InChI=1S/C14H27NO/c1-3-10-15-14(12-5-6-12)9-8-13-7-4-11(2)16-13/h11-15H,3-10H2,1-2H3. The second-order valence-corrected chi connectivity index (χ2v) is 5.62. The van der Waals surface area contributed by atoms with Crippen LogP contribution in [0.4, 0.5) is 0 Å². The number of ether oxygens (including phenoxy) is 1. The van der Waals surface area contributed by atoms with Crippen LogP contribution in [0.1, 0.15) is 58.8 Å².